The molecule has 3 N–H and O–H groups in total. The van der Waals surface area contributed by atoms with Crippen molar-refractivity contribution in [1.82, 2.24) is 4.90 Å². The summed E-state index contributed by atoms with van der Waals surface area (Å²) in [5.41, 5.74) is 7.16. The van der Waals surface area contributed by atoms with E-state index in [1.54, 1.807) is 11.0 Å². The molecule has 5 nitrogen and oxygen atoms in total. The van der Waals surface area contributed by atoms with Crippen LogP contribution < -0.4 is 11.1 Å². The van der Waals surface area contributed by atoms with Crippen molar-refractivity contribution in [2.75, 3.05) is 18.4 Å². The molecule has 124 valence electrons. The first kappa shape index (κ1) is 15.9. The Bertz CT molecular complexity index is 647. The number of likely N-dealkylation sites (tertiary alicyclic amines) is 1. The monoisotopic (exact) mass is 319 g/mol. The van der Waals surface area contributed by atoms with E-state index in [1.807, 2.05) is 0 Å². The van der Waals surface area contributed by atoms with E-state index >= 15 is 0 Å². The number of nitrogens with one attached hydrogen (secondary N) is 1. The van der Waals surface area contributed by atoms with E-state index in [9.17, 15) is 14.0 Å². The van der Waals surface area contributed by atoms with E-state index in [0.717, 1.165) is 18.4 Å². The summed E-state index contributed by atoms with van der Waals surface area (Å²) in [6.07, 6.45) is 2.65. The molecule has 1 saturated heterocycles. The molecule has 3 rings (SSSR count). The number of aryl methyl sites for hydroxylation is 1. The maximum atomic E-state index is 14.4. The molecule has 2 aliphatic heterocycles. The summed E-state index contributed by atoms with van der Waals surface area (Å²) in [7, 11) is 0. The fourth-order valence-electron chi connectivity index (χ4n) is 3.46. The number of hydrogen-bond donors (Lipinski definition) is 2. The molecule has 2 atom stereocenters. The molecular formula is C17H22FN3O2. The van der Waals surface area contributed by atoms with Crippen molar-refractivity contribution >= 4 is 17.5 Å². The number of nitrogens with zero attached hydrogens (tertiary/aromatic N) is 1. The second-order valence-electron chi connectivity index (χ2n) is 6.55. The molecule has 2 aliphatic rings. The van der Waals surface area contributed by atoms with Crippen molar-refractivity contribution in [2.45, 2.75) is 38.6 Å². The van der Waals surface area contributed by atoms with Crippen LogP contribution in [0.3, 0.4) is 0 Å². The quantitative estimate of drug-likeness (QED) is 0.874. The highest BCUT2D eigenvalue weighted by atomic mass is 19.1. The van der Waals surface area contributed by atoms with Crippen molar-refractivity contribution < 1.29 is 14.0 Å². The molecule has 1 aromatic carbocycles. The highest BCUT2D eigenvalue weighted by molar-refractivity contribution is 5.98. The normalized spacial score (nSPS) is 24.1. The number of amides is 2. The maximum absolute atomic E-state index is 14.4. The fraction of sp³-hybridized carbons (Fsp3) is 0.529. The van der Waals surface area contributed by atoms with Gasteiger partial charge in [0.05, 0.1) is 5.56 Å². The number of nitrogens with two attached hydrogens (primary N) is 1. The highest BCUT2D eigenvalue weighted by Gasteiger charge is 2.31. The predicted octanol–water partition coefficient (Wildman–Crippen LogP) is 1.91. The van der Waals surface area contributed by atoms with Gasteiger partial charge in [0.2, 0.25) is 5.91 Å². The maximum Gasteiger partial charge on any atom is 0.257 e. The summed E-state index contributed by atoms with van der Waals surface area (Å²) in [6, 6.07) is 2.79. The summed E-state index contributed by atoms with van der Waals surface area (Å²) in [5, 5.41) is 2.65. The van der Waals surface area contributed by atoms with E-state index in [2.05, 4.69) is 12.2 Å². The lowest BCUT2D eigenvalue weighted by Gasteiger charge is -2.38. The van der Waals surface area contributed by atoms with Gasteiger partial charge >= 0.3 is 0 Å². The van der Waals surface area contributed by atoms with Crippen molar-refractivity contribution in [2.24, 2.45) is 11.7 Å². The van der Waals surface area contributed by atoms with E-state index < -0.39 is 5.82 Å². The van der Waals surface area contributed by atoms with Gasteiger partial charge in [-0.15, -0.1) is 0 Å². The molecular weight excluding hydrogens is 297 g/mol. The molecule has 0 saturated carbocycles. The molecule has 2 unspecified atom stereocenters. The second kappa shape index (κ2) is 6.28. The SMILES string of the molecule is CC1CCN(C(=O)c2cc3c(cc2F)NC(=O)CC3)C(CN)C1. The van der Waals surface area contributed by atoms with Gasteiger partial charge in [0.1, 0.15) is 5.82 Å². The predicted molar refractivity (Wildman–Crippen MR) is 85.6 cm³/mol. The minimum absolute atomic E-state index is 0.0404. The van der Waals surface area contributed by atoms with E-state index in [4.69, 9.17) is 5.73 Å². The zero-order chi connectivity index (χ0) is 16.6. The molecule has 2 amide bonds. The van der Waals surface area contributed by atoms with Gasteiger partial charge in [0, 0.05) is 31.2 Å². The number of hydrogen-bond acceptors (Lipinski definition) is 3. The Morgan fingerprint density at radius 2 is 2.22 bits per heavy atom. The summed E-state index contributed by atoms with van der Waals surface area (Å²) < 4.78 is 14.4. The van der Waals surface area contributed by atoms with Gasteiger partial charge in [0.15, 0.2) is 0 Å². The zero-order valence-electron chi connectivity index (χ0n) is 13.3. The van der Waals surface area contributed by atoms with Gasteiger partial charge in [0.25, 0.3) is 5.91 Å². The Labute approximate surface area is 135 Å². The Balaban J connectivity index is 1.89. The van der Waals surface area contributed by atoms with Crippen LogP contribution in [0.2, 0.25) is 0 Å². The molecule has 23 heavy (non-hydrogen) atoms. The summed E-state index contributed by atoms with van der Waals surface area (Å²) in [6.45, 7) is 3.14. The van der Waals surface area contributed by atoms with Gasteiger partial charge in [-0.1, -0.05) is 6.92 Å². The number of carbonyl (C=O) groups excluding carboxylic acids is 2. The number of benzene rings is 1. The van der Waals surface area contributed by atoms with E-state index in [-0.39, 0.29) is 23.4 Å². The molecule has 0 aliphatic carbocycles. The lowest BCUT2D eigenvalue weighted by Crippen LogP contribution is -2.49. The van der Waals surface area contributed by atoms with Crippen molar-refractivity contribution in [3.8, 4) is 0 Å². The number of rotatable bonds is 2. The molecule has 6 heteroatoms. The Kier molecular flexibility index (Phi) is 4.35. The van der Waals surface area contributed by atoms with Crippen LogP contribution >= 0.6 is 0 Å². The number of halogens is 1. The van der Waals surface area contributed by atoms with Crippen LogP contribution in [0.15, 0.2) is 12.1 Å². The molecule has 0 radical (unpaired) electrons. The van der Waals surface area contributed by atoms with Crippen LogP contribution in [0.5, 0.6) is 0 Å². The number of carbonyl (C=O) groups is 2. The first-order chi connectivity index (χ1) is 11.0. The van der Waals surface area contributed by atoms with Gasteiger partial charge in [-0.25, -0.2) is 4.39 Å². The number of anilines is 1. The van der Waals surface area contributed by atoms with E-state index in [0.29, 0.717) is 37.5 Å². The van der Waals surface area contributed by atoms with Crippen molar-refractivity contribution in [3.05, 3.63) is 29.1 Å². The van der Waals surface area contributed by atoms with Crippen molar-refractivity contribution in [1.29, 1.82) is 0 Å². The Morgan fingerprint density at radius 1 is 1.43 bits per heavy atom. The lowest BCUT2D eigenvalue weighted by atomic mass is 9.91. The average molecular weight is 319 g/mol. The van der Waals surface area contributed by atoms with Gasteiger partial charge in [-0.3, -0.25) is 9.59 Å². The van der Waals surface area contributed by atoms with Crippen molar-refractivity contribution in [3.63, 3.8) is 0 Å². The molecule has 0 bridgehead atoms. The minimum atomic E-state index is -0.592. The summed E-state index contributed by atoms with van der Waals surface area (Å²) in [4.78, 5) is 25.9. The first-order valence-electron chi connectivity index (χ1n) is 8.13. The minimum Gasteiger partial charge on any atom is -0.334 e. The van der Waals surface area contributed by atoms with E-state index in [1.165, 1.54) is 6.07 Å². The Morgan fingerprint density at radius 3 is 2.96 bits per heavy atom. The fourth-order valence-corrected chi connectivity index (χ4v) is 3.46. The third kappa shape index (κ3) is 3.08. The van der Waals surface area contributed by atoms with Crippen LogP contribution in [0.25, 0.3) is 0 Å². The van der Waals surface area contributed by atoms with Crippen LogP contribution in [0.1, 0.15) is 42.1 Å². The topological polar surface area (TPSA) is 75.4 Å². The lowest BCUT2D eigenvalue weighted by molar-refractivity contribution is -0.116. The first-order valence-corrected chi connectivity index (χ1v) is 8.13. The Hall–Kier alpha value is -1.95. The third-order valence-electron chi connectivity index (χ3n) is 4.83. The average Bonchev–Trinajstić information content (AvgIpc) is 2.53. The van der Waals surface area contributed by atoms with Crippen LogP contribution in [-0.2, 0) is 11.2 Å². The molecule has 1 fully saturated rings. The smallest absolute Gasteiger partial charge is 0.257 e. The van der Waals surface area contributed by atoms with Crippen LogP contribution in [-0.4, -0.2) is 35.8 Å². The van der Waals surface area contributed by atoms with Gasteiger partial charge in [-0.2, -0.15) is 0 Å². The molecule has 0 spiro atoms. The number of piperidine rings is 1. The molecule has 1 aromatic rings. The van der Waals surface area contributed by atoms with Gasteiger partial charge in [-0.05, 0) is 42.9 Å². The molecule has 0 aromatic heterocycles. The summed E-state index contributed by atoms with van der Waals surface area (Å²) >= 11 is 0. The van der Waals surface area contributed by atoms with Gasteiger partial charge < -0.3 is 16.0 Å². The highest BCUT2D eigenvalue weighted by Crippen LogP contribution is 2.29. The largest absolute Gasteiger partial charge is 0.334 e. The third-order valence-corrected chi connectivity index (χ3v) is 4.83. The standard InChI is InChI=1S/C17H22FN3O2/c1-10-4-5-21(12(6-10)9-19)17(23)13-7-11-2-3-16(22)20-15(11)8-14(13)18/h7-8,10,12H,2-6,9,19H2,1H3,(H,20,22). The summed E-state index contributed by atoms with van der Waals surface area (Å²) in [5.74, 6) is -0.490. The van der Waals surface area contributed by atoms with Crippen LogP contribution in [0.4, 0.5) is 10.1 Å². The number of fused-ring (bicyclic) bond motifs is 1. The van der Waals surface area contributed by atoms with Crippen LogP contribution in [0, 0.1) is 11.7 Å². The second-order valence-corrected chi connectivity index (χ2v) is 6.55. The zero-order valence-corrected chi connectivity index (χ0v) is 13.3. The molecule has 2 heterocycles.